The van der Waals surface area contributed by atoms with Crippen molar-refractivity contribution < 1.29 is 4.74 Å². The van der Waals surface area contributed by atoms with Gasteiger partial charge in [0.1, 0.15) is 0 Å². The van der Waals surface area contributed by atoms with Crippen LogP contribution in [0.2, 0.25) is 5.02 Å². The van der Waals surface area contributed by atoms with Gasteiger partial charge >= 0.3 is 0 Å². The molecule has 1 N–H and O–H groups in total. The monoisotopic (exact) mass is 282 g/mol. The van der Waals surface area contributed by atoms with Crippen LogP contribution in [0.25, 0.3) is 0 Å². The average molecular weight is 283 g/mol. The van der Waals surface area contributed by atoms with Gasteiger partial charge in [-0.15, -0.1) is 0 Å². The van der Waals surface area contributed by atoms with E-state index in [9.17, 15) is 0 Å². The summed E-state index contributed by atoms with van der Waals surface area (Å²) in [5.41, 5.74) is 2.53. The minimum atomic E-state index is 0.270. The molecule has 3 nitrogen and oxygen atoms in total. The second-order valence-electron chi connectivity index (χ2n) is 5.22. The third kappa shape index (κ3) is 3.85. The highest BCUT2D eigenvalue weighted by molar-refractivity contribution is 6.30. The number of hydrogen-bond acceptors (Lipinski definition) is 3. The number of rotatable bonds is 4. The number of nitrogens with one attached hydrogen (secondary N) is 1. The van der Waals surface area contributed by atoms with Crippen LogP contribution in [-0.2, 0) is 11.3 Å². The van der Waals surface area contributed by atoms with Gasteiger partial charge in [0.2, 0.25) is 0 Å². The minimum absolute atomic E-state index is 0.270. The molecule has 2 unspecified atom stereocenters. The lowest BCUT2D eigenvalue weighted by Crippen LogP contribution is -2.46. The fourth-order valence-electron chi connectivity index (χ4n) is 2.64. The summed E-state index contributed by atoms with van der Waals surface area (Å²) in [4.78, 5) is 2.40. The van der Waals surface area contributed by atoms with E-state index in [1.54, 1.807) is 0 Å². The molecule has 2 rings (SSSR count). The molecule has 106 valence electrons. The Kier molecular flexibility index (Phi) is 5.08. The summed E-state index contributed by atoms with van der Waals surface area (Å²) in [6, 6.07) is 6.15. The Hall–Kier alpha value is -0.770. The predicted molar refractivity (Wildman–Crippen MR) is 81.1 cm³/mol. The third-order valence-electron chi connectivity index (χ3n) is 3.37. The van der Waals surface area contributed by atoms with E-state index in [4.69, 9.17) is 16.3 Å². The zero-order chi connectivity index (χ0) is 13.8. The highest BCUT2D eigenvalue weighted by Gasteiger charge is 2.23. The lowest BCUT2D eigenvalue weighted by atomic mass is 10.1. The van der Waals surface area contributed by atoms with Crippen molar-refractivity contribution in [2.75, 3.05) is 24.5 Å². The molecule has 0 saturated carbocycles. The van der Waals surface area contributed by atoms with E-state index in [1.807, 2.05) is 6.07 Å². The van der Waals surface area contributed by atoms with Crippen molar-refractivity contribution in [1.82, 2.24) is 5.32 Å². The second-order valence-corrected chi connectivity index (χ2v) is 5.65. The first kappa shape index (κ1) is 14.6. The zero-order valence-corrected chi connectivity index (χ0v) is 12.7. The van der Waals surface area contributed by atoms with Gasteiger partial charge in [0, 0.05) is 30.3 Å². The lowest BCUT2D eigenvalue weighted by molar-refractivity contribution is -0.00526. The molecule has 1 saturated heterocycles. The molecule has 1 aliphatic rings. The molecule has 0 amide bonds. The van der Waals surface area contributed by atoms with Gasteiger partial charge in [-0.3, -0.25) is 0 Å². The molecule has 1 aliphatic heterocycles. The van der Waals surface area contributed by atoms with Gasteiger partial charge in [-0.05, 0) is 44.2 Å². The van der Waals surface area contributed by atoms with Crippen LogP contribution in [0.15, 0.2) is 18.2 Å². The normalized spacial score (nSPS) is 23.7. The number of halogens is 1. The summed E-state index contributed by atoms with van der Waals surface area (Å²) < 4.78 is 5.80. The standard InChI is InChI=1S/C15H23ClN2O/c1-4-17-8-13-7-14(16)5-6-15(13)18-9-11(2)19-12(3)10-18/h5-7,11-12,17H,4,8-10H2,1-3H3. The third-order valence-corrected chi connectivity index (χ3v) is 3.60. The maximum atomic E-state index is 6.12. The van der Waals surface area contributed by atoms with Crippen LogP contribution in [0.1, 0.15) is 26.3 Å². The molecule has 0 aliphatic carbocycles. The summed E-state index contributed by atoms with van der Waals surface area (Å²) in [5, 5.41) is 4.17. The van der Waals surface area contributed by atoms with Crippen LogP contribution in [-0.4, -0.2) is 31.8 Å². The van der Waals surface area contributed by atoms with Crippen LogP contribution in [0.3, 0.4) is 0 Å². The zero-order valence-electron chi connectivity index (χ0n) is 11.9. The molecule has 1 heterocycles. The molecular weight excluding hydrogens is 260 g/mol. The van der Waals surface area contributed by atoms with Crippen LogP contribution in [0.4, 0.5) is 5.69 Å². The molecule has 1 aromatic rings. The Morgan fingerprint density at radius 2 is 2.00 bits per heavy atom. The van der Waals surface area contributed by atoms with Crippen LogP contribution in [0.5, 0.6) is 0 Å². The molecule has 0 radical (unpaired) electrons. The molecule has 19 heavy (non-hydrogen) atoms. The first-order valence-corrected chi connectivity index (χ1v) is 7.37. The second kappa shape index (κ2) is 6.60. The van der Waals surface area contributed by atoms with E-state index in [-0.39, 0.29) is 12.2 Å². The smallest absolute Gasteiger partial charge is 0.0726 e. The molecule has 0 spiro atoms. The summed E-state index contributed by atoms with van der Waals surface area (Å²) in [6.07, 6.45) is 0.540. The number of ether oxygens (including phenoxy) is 1. The Morgan fingerprint density at radius 3 is 2.63 bits per heavy atom. The van der Waals surface area contributed by atoms with Gasteiger partial charge in [-0.1, -0.05) is 18.5 Å². The van der Waals surface area contributed by atoms with Crippen molar-refractivity contribution in [2.45, 2.75) is 39.5 Å². The van der Waals surface area contributed by atoms with Crippen molar-refractivity contribution in [2.24, 2.45) is 0 Å². The summed E-state index contributed by atoms with van der Waals surface area (Å²) >= 11 is 6.12. The van der Waals surface area contributed by atoms with E-state index in [0.29, 0.717) is 0 Å². The maximum Gasteiger partial charge on any atom is 0.0726 e. The SMILES string of the molecule is CCNCc1cc(Cl)ccc1N1CC(C)OC(C)C1. The molecule has 0 aromatic heterocycles. The van der Waals surface area contributed by atoms with Gasteiger partial charge in [0.05, 0.1) is 12.2 Å². The summed E-state index contributed by atoms with van der Waals surface area (Å²) in [7, 11) is 0. The van der Waals surface area contributed by atoms with E-state index in [0.717, 1.165) is 31.2 Å². The Balaban J connectivity index is 2.22. The first-order valence-electron chi connectivity index (χ1n) is 6.99. The van der Waals surface area contributed by atoms with Crippen LogP contribution < -0.4 is 10.2 Å². The number of hydrogen-bond donors (Lipinski definition) is 1. The Bertz CT molecular complexity index is 415. The van der Waals surface area contributed by atoms with Crippen molar-refractivity contribution in [3.05, 3.63) is 28.8 Å². The van der Waals surface area contributed by atoms with Gasteiger partial charge < -0.3 is 15.0 Å². The molecule has 4 heteroatoms. The Morgan fingerprint density at radius 1 is 1.32 bits per heavy atom. The molecule has 1 fully saturated rings. The number of morpholine rings is 1. The lowest BCUT2D eigenvalue weighted by Gasteiger charge is -2.38. The van der Waals surface area contributed by atoms with Gasteiger partial charge in [0.15, 0.2) is 0 Å². The molecule has 0 bridgehead atoms. The van der Waals surface area contributed by atoms with E-state index < -0.39 is 0 Å². The topological polar surface area (TPSA) is 24.5 Å². The molecular formula is C15H23ClN2O. The van der Waals surface area contributed by atoms with E-state index in [2.05, 4.69) is 43.1 Å². The van der Waals surface area contributed by atoms with Crippen molar-refractivity contribution >= 4 is 17.3 Å². The quantitative estimate of drug-likeness (QED) is 0.919. The number of benzene rings is 1. The van der Waals surface area contributed by atoms with Crippen molar-refractivity contribution in [3.63, 3.8) is 0 Å². The minimum Gasteiger partial charge on any atom is -0.372 e. The fourth-order valence-corrected chi connectivity index (χ4v) is 2.83. The number of anilines is 1. The van der Waals surface area contributed by atoms with Crippen LogP contribution in [0, 0.1) is 0 Å². The van der Waals surface area contributed by atoms with Crippen LogP contribution >= 0.6 is 11.6 Å². The van der Waals surface area contributed by atoms with E-state index >= 15 is 0 Å². The fraction of sp³-hybridized carbons (Fsp3) is 0.600. The van der Waals surface area contributed by atoms with Gasteiger partial charge in [-0.25, -0.2) is 0 Å². The molecule has 1 aromatic carbocycles. The van der Waals surface area contributed by atoms with Gasteiger partial charge in [-0.2, -0.15) is 0 Å². The maximum absolute atomic E-state index is 6.12. The van der Waals surface area contributed by atoms with Crippen molar-refractivity contribution in [3.8, 4) is 0 Å². The van der Waals surface area contributed by atoms with E-state index in [1.165, 1.54) is 11.3 Å². The summed E-state index contributed by atoms with van der Waals surface area (Å²) in [6.45, 7) is 10.1. The molecule has 2 atom stereocenters. The Labute approximate surface area is 120 Å². The largest absolute Gasteiger partial charge is 0.372 e. The highest BCUT2D eigenvalue weighted by Crippen LogP contribution is 2.27. The average Bonchev–Trinajstić information content (AvgIpc) is 2.35. The van der Waals surface area contributed by atoms with Crippen molar-refractivity contribution in [1.29, 1.82) is 0 Å². The number of nitrogens with zero attached hydrogens (tertiary/aromatic N) is 1. The highest BCUT2D eigenvalue weighted by atomic mass is 35.5. The summed E-state index contributed by atoms with van der Waals surface area (Å²) in [5.74, 6) is 0. The first-order chi connectivity index (χ1) is 9.10. The van der Waals surface area contributed by atoms with Gasteiger partial charge in [0.25, 0.3) is 0 Å². The predicted octanol–water partition coefficient (Wildman–Crippen LogP) is 3.06.